The molecule has 0 aliphatic rings. The highest BCUT2D eigenvalue weighted by Gasteiger charge is 1.97. The molecule has 2 nitrogen and oxygen atoms in total. The van der Waals surface area contributed by atoms with Gasteiger partial charge in [0.15, 0.2) is 0 Å². The second-order valence-corrected chi connectivity index (χ2v) is 4.08. The Morgan fingerprint density at radius 1 is 0.833 bits per heavy atom. The highest BCUT2D eigenvalue weighted by Crippen LogP contribution is 2.22. The highest BCUT2D eigenvalue weighted by molar-refractivity contribution is 5.66. The van der Waals surface area contributed by atoms with Crippen molar-refractivity contribution < 1.29 is 10.2 Å². The Bertz CT molecular complexity index is 510. The summed E-state index contributed by atoms with van der Waals surface area (Å²) in [4.78, 5) is 0. The molecule has 92 valence electrons. The van der Waals surface area contributed by atoms with Crippen LogP contribution in [0.5, 0.6) is 5.75 Å². The van der Waals surface area contributed by atoms with Crippen molar-refractivity contribution in [2.75, 3.05) is 6.61 Å². The van der Waals surface area contributed by atoms with Gasteiger partial charge in [-0.3, -0.25) is 0 Å². The quantitative estimate of drug-likeness (QED) is 0.859. The molecule has 0 heterocycles. The topological polar surface area (TPSA) is 40.5 Å². The molecule has 0 saturated heterocycles. The molecule has 0 saturated carbocycles. The first kappa shape index (κ1) is 12.4. The van der Waals surface area contributed by atoms with Crippen LogP contribution in [0.4, 0.5) is 0 Å². The summed E-state index contributed by atoms with van der Waals surface area (Å²) in [5.74, 6) is 0.280. The number of aliphatic hydroxyl groups is 1. The van der Waals surface area contributed by atoms with Gasteiger partial charge in [0.25, 0.3) is 0 Å². The molecule has 0 fully saturated rings. The molecular weight excluding hydrogens is 224 g/mol. The van der Waals surface area contributed by atoms with Crippen LogP contribution in [0.2, 0.25) is 0 Å². The van der Waals surface area contributed by atoms with Crippen LogP contribution >= 0.6 is 0 Å². The monoisotopic (exact) mass is 240 g/mol. The summed E-state index contributed by atoms with van der Waals surface area (Å²) in [5, 5.41) is 17.9. The SMILES string of the molecule is OCCC=Cc1ccc(-c2ccc(O)cc2)cc1. The molecule has 0 spiro atoms. The van der Waals surface area contributed by atoms with E-state index in [9.17, 15) is 5.11 Å². The molecule has 0 aliphatic heterocycles. The number of aliphatic hydroxyl groups excluding tert-OH is 1. The van der Waals surface area contributed by atoms with E-state index in [1.807, 2.05) is 48.6 Å². The minimum atomic E-state index is 0.183. The minimum absolute atomic E-state index is 0.183. The van der Waals surface area contributed by atoms with Gasteiger partial charge >= 0.3 is 0 Å². The number of phenols is 1. The molecule has 0 aliphatic carbocycles. The number of phenolic OH excluding ortho intramolecular Hbond substituents is 1. The van der Waals surface area contributed by atoms with Crippen molar-refractivity contribution >= 4 is 6.08 Å². The van der Waals surface area contributed by atoms with Crippen LogP contribution in [0.1, 0.15) is 12.0 Å². The van der Waals surface area contributed by atoms with Crippen LogP contribution in [0.15, 0.2) is 54.6 Å². The predicted molar refractivity (Wildman–Crippen MR) is 74.3 cm³/mol. The average molecular weight is 240 g/mol. The zero-order chi connectivity index (χ0) is 12.8. The molecule has 0 atom stereocenters. The molecule has 0 unspecified atom stereocenters. The Morgan fingerprint density at radius 2 is 1.39 bits per heavy atom. The van der Waals surface area contributed by atoms with Crippen LogP contribution < -0.4 is 0 Å². The molecule has 18 heavy (non-hydrogen) atoms. The standard InChI is InChI=1S/C16H16O2/c17-12-2-1-3-13-4-6-14(7-5-13)15-8-10-16(18)11-9-15/h1,3-11,17-18H,2,12H2. The molecule has 2 aromatic rings. The summed E-state index contributed by atoms with van der Waals surface area (Å²) in [6, 6.07) is 15.3. The summed E-state index contributed by atoms with van der Waals surface area (Å²) in [7, 11) is 0. The van der Waals surface area contributed by atoms with Crippen molar-refractivity contribution in [1.82, 2.24) is 0 Å². The van der Waals surface area contributed by atoms with Gasteiger partial charge in [-0.15, -0.1) is 0 Å². The summed E-state index contributed by atoms with van der Waals surface area (Å²) >= 11 is 0. The number of aromatic hydroxyl groups is 1. The number of hydrogen-bond acceptors (Lipinski definition) is 2. The fraction of sp³-hybridized carbons (Fsp3) is 0.125. The van der Waals surface area contributed by atoms with Gasteiger partial charge in [-0.1, -0.05) is 48.6 Å². The second-order valence-electron chi connectivity index (χ2n) is 4.08. The van der Waals surface area contributed by atoms with E-state index in [1.165, 1.54) is 0 Å². The number of rotatable bonds is 4. The van der Waals surface area contributed by atoms with Gasteiger partial charge in [0.2, 0.25) is 0 Å². The molecule has 0 amide bonds. The van der Waals surface area contributed by atoms with Crippen LogP contribution in [0, 0.1) is 0 Å². The van der Waals surface area contributed by atoms with Gasteiger partial charge in [0.1, 0.15) is 5.75 Å². The third-order valence-corrected chi connectivity index (χ3v) is 2.72. The number of benzene rings is 2. The Kier molecular flexibility index (Phi) is 4.15. The molecule has 2 aromatic carbocycles. The van der Waals surface area contributed by atoms with Crippen molar-refractivity contribution in [3.8, 4) is 16.9 Å². The lowest BCUT2D eigenvalue weighted by molar-refractivity contribution is 0.303. The van der Waals surface area contributed by atoms with Crippen LogP contribution in [-0.2, 0) is 0 Å². The summed E-state index contributed by atoms with van der Waals surface area (Å²) < 4.78 is 0. The Balaban J connectivity index is 2.14. The van der Waals surface area contributed by atoms with E-state index >= 15 is 0 Å². The maximum Gasteiger partial charge on any atom is 0.115 e. The van der Waals surface area contributed by atoms with E-state index in [2.05, 4.69) is 0 Å². The summed E-state index contributed by atoms with van der Waals surface area (Å²) in [6.07, 6.45) is 4.63. The Labute approximate surface area is 107 Å². The first-order valence-corrected chi connectivity index (χ1v) is 5.96. The van der Waals surface area contributed by atoms with Crippen molar-refractivity contribution in [1.29, 1.82) is 0 Å². The fourth-order valence-electron chi connectivity index (χ4n) is 1.73. The van der Waals surface area contributed by atoms with E-state index in [-0.39, 0.29) is 12.4 Å². The molecule has 0 aromatic heterocycles. The average Bonchev–Trinajstić information content (AvgIpc) is 2.41. The van der Waals surface area contributed by atoms with Gasteiger partial charge in [-0.2, -0.15) is 0 Å². The van der Waals surface area contributed by atoms with Crippen LogP contribution in [-0.4, -0.2) is 16.8 Å². The first-order chi connectivity index (χ1) is 8.79. The maximum atomic E-state index is 9.24. The van der Waals surface area contributed by atoms with E-state index in [0.717, 1.165) is 16.7 Å². The Morgan fingerprint density at radius 3 is 1.94 bits per heavy atom. The predicted octanol–water partition coefficient (Wildman–Crippen LogP) is 3.45. The van der Waals surface area contributed by atoms with Crippen LogP contribution in [0.3, 0.4) is 0 Å². The van der Waals surface area contributed by atoms with Crippen molar-refractivity contribution in [2.45, 2.75) is 6.42 Å². The summed E-state index contributed by atoms with van der Waals surface area (Å²) in [6.45, 7) is 0.183. The van der Waals surface area contributed by atoms with Gasteiger partial charge in [0.05, 0.1) is 0 Å². The number of hydrogen-bond donors (Lipinski definition) is 2. The van der Waals surface area contributed by atoms with Crippen molar-refractivity contribution in [3.05, 3.63) is 60.2 Å². The van der Waals surface area contributed by atoms with Crippen molar-refractivity contribution in [2.24, 2.45) is 0 Å². The first-order valence-electron chi connectivity index (χ1n) is 5.96. The zero-order valence-electron chi connectivity index (χ0n) is 10.1. The maximum absolute atomic E-state index is 9.24. The normalized spacial score (nSPS) is 10.9. The van der Waals surface area contributed by atoms with Gasteiger partial charge in [-0.05, 0) is 35.2 Å². The van der Waals surface area contributed by atoms with Gasteiger partial charge in [-0.25, -0.2) is 0 Å². The second kappa shape index (κ2) is 6.03. The van der Waals surface area contributed by atoms with E-state index in [4.69, 9.17) is 5.11 Å². The molecule has 2 heteroatoms. The third-order valence-electron chi connectivity index (χ3n) is 2.72. The fourth-order valence-corrected chi connectivity index (χ4v) is 1.73. The molecule has 0 radical (unpaired) electrons. The smallest absolute Gasteiger partial charge is 0.115 e. The lowest BCUT2D eigenvalue weighted by Crippen LogP contribution is -1.79. The molecule has 2 N–H and O–H groups in total. The largest absolute Gasteiger partial charge is 0.508 e. The zero-order valence-corrected chi connectivity index (χ0v) is 10.1. The summed E-state index contributed by atoms with van der Waals surface area (Å²) in [5.41, 5.74) is 3.32. The third kappa shape index (κ3) is 3.22. The Hall–Kier alpha value is -2.06. The van der Waals surface area contributed by atoms with Gasteiger partial charge in [0, 0.05) is 6.61 Å². The lowest BCUT2D eigenvalue weighted by atomic mass is 10.0. The van der Waals surface area contributed by atoms with E-state index in [1.54, 1.807) is 12.1 Å². The lowest BCUT2D eigenvalue weighted by Gasteiger charge is -2.02. The van der Waals surface area contributed by atoms with E-state index in [0.29, 0.717) is 6.42 Å². The van der Waals surface area contributed by atoms with Crippen molar-refractivity contribution in [3.63, 3.8) is 0 Å². The highest BCUT2D eigenvalue weighted by atomic mass is 16.3. The van der Waals surface area contributed by atoms with E-state index < -0.39 is 0 Å². The van der Waals surface area contributed by atoms with Gasteiger partial charge < -0.3 is 10.2 Å². The van der Waals surface area contributed by atoms with Crippen LogP contribution in [0.25, 0.3) is 17.2 Å². The minimum Gasteiger partial charge on any atom is -0.508 e. The molecular formula is C16H16O2. The molecule has 0 bridgehead atoms. The molecule has 2 rings (SSSR count).